The molecule has 2 heterocycles. The summed E-state index contributed by atoms with van der Waals surface area (Å²) < 4.78 is 47.0. The number of hydrogen-bond acceptors (Lipinski definition) is 5. The lowest BCUT2D eigenvalue weighted by Crippen LogP contribution is -2.49. The van der Waals surface area contributed by atoms with Crippen LogP contribution in [-0.4, -0.2) is 78.7 Å². The molecular weight excluding hydrogens is 457 g/mol. The van der Waals surface area contributed by atoms with Gasteiger partial charge in [0.25, 0.3) is 5.92 Å². The SMILES string of the molecule is CC(=O)c1ccc2c(c1)C[C@@H](C)N(CC(F)(F)CO)[C@@H]2c1ccc(OCCN2CC(CF)C2)cc1. The summed E-state index contributed by atoms with van der Waals surface area (Å²) in [6.07, 6.45) is 0.537. The van der Waals surface area contributed by atoms with E-state index in [4.69, 9.17) is 4.74 Å². The Morgan fingerprint density at radius 3 is 2.51 bits per heavy atom. The van der Waals surface area contributed by atoms with Crippen molar-refractivity contribution in [3.8, 4) is 5.75 Å². The van der Waals surface area contributed by atoms with Gasteiger partial charge >= 0.3 is 0 Å². The standard InChI is InChI=1S/C27H33F3N2O3/c1-18-11-23-12-22(19(2)34)5-8-25(23)26(32(18)16-27(29,30)17-33)21-3-6-24(7-4-21)35-10-9-31-14-20(13-28)15-31/h3-8,12,18,20,26,33H,9-11,13-17H2,1-2H3/t18-,26-/m1/s1. The number of carbonyl (C=O) groups excluding carboxylic acids is 1. The maximum absolute atomic E-state index is 14.3. The number of carbonyl (C=O) groups is 1. The average Bonchev–Trinajstić information content (AvgIpc) is 2.81. The fraction of sp³-hybridized carbons (Fsp3) is 0.519. The van der Waals surface area contributed by atoms with Crippen LogP contribution in [-0.2, 0) is 6.42 Å². The smallest absolute Gasteiger partial charge is 0.283 e. The molecule has 1 saturated heterocycles. The van der Waals surface area contributed by atoms with E-state index in [1.54, 1.807) is 11.0 Å². The Labute approximate surface area is 204 Å². The van der Waals surface area contributed by atoms with Gasteiger partial charge in [0, 0.05) is 37.2 Å². The molecule has 2 aromatic carbocycles. The highest BCUT2D eigenvalue weighted by Crippen LogP contribution is 2.40. The van der Waals surface area contributed by atoms with Gasteiger partial charge in [0.1, 0.15) is 19.0 Å². The van der Waals surface area contributed by atoms with Gasteiger partial charge in [-0.1, -0.05) is 24.3 Å². The van der Waals surface area contributed by atoms with Crippen molar-refractivity contribution in [3.05, 3.63) is 64.7 Å². The summed E-state index contributed by atoms with van der Waals surface area (Å²) in [4.78, 5) is 15.8. The highest BCUT2D eigenvalue weighted by Gasteiger charge is 2.40. The van der Waals surface area contributed by atoms with Gasteiger partial charge in [-0.3, -0.25) is 19.0 Å². The zero-order valence-electron chi connectivity index (χ0n) is 20.2. The summed E-state index contributed by atoms with van der Waals surface area (Å²) in [6.45, 7) is 4.09. The zero-order valence-corrected chi connectivity index (χ0v) is 20.2. The molecule has 2 aliphatic heterocycles. The van der Waals surface area contributed by atoms with Gasteiger partial charge in [-0.2, -0.15) is 0 Å². The number of ether oxygens (including phenoxy) is 1. The van der Waals surface area contributed by atoms with Gasteiger partial charge in [-0.05, 0) is 55.2 Å². The predicted molar refractivity (Wildman–Crippen MR) is 128 cm³/mol. The Balaban J connectivity index is 1.54. The van der Waals surface area contributed by atoms with Crippen LogP contribution in [0.2, 0.25) is 0 Å². The predicted octanol–water partition coefficient (Wildman–Crippen LogP) is 4.13. The van der Waals surface area contributed by atoms with Gasteiger partial charge in [0.15, 0.2) is 5.78 Å². The Morgan fingerprint density at radius 2 is 1.89 bits per heavy atom. The molecule has 190 valence electrons. The Kier molecular flexibility index (Phi) is 7.83. The first-order valence-electron chi connectivity index (χ1n) is 12.1. The summed E-state index contributed by atoms with van der Waals surface area (Å²) in [5, 5.41) is 9.22. The van der Waals surface area contributed by atoms with Crippen molar-refractivity contribution in [2.45, 2.75) is 38.3 Å². The average molecular weight is 491 g/mol. The van der Waals surface area contributed by atoms with Crippen LogP contribution in [0.25, 0.3) is 0 Å². The van der Waals surface area contributed by atoms with Gasteiger partial charge in [0.05, 0.1) is 19.3 Å². The summed E-state index contributed by atoms with van der Waals surface area (Å²) in [6, 6.07) is 12.2. The molecule has 1 N–H and O–H groups in total. The van der Waals surface area contributed by atoms with Gasteiger partial charge in [-0.15, -0.1) is 0 Å². The summed E-state index contributed by atoms with van der Waals surface area (Å²) >= 11 is 0. The van der Waals surface area contributed by atoms with Crippen molar-refractivity contribution in [1.82, 2.24) is 9.80 Å². The van der Waals surface area contributed by atoms with Crippen LogP contribution >= 0.6 is 0 Å². The van der Waals surface area contributed by atoms with Crippen molar-refractivity contribution >= 4 is 5.78 Å². The molecule has 0 amide bonds. The maximum Gasteiger partial charge on any atom is 0.283 e. The van der Waals surface area contributed by atoms with Gasteiger partial charge in [-0.25, -0.2) is 8.78 Å². The summed E-state index contributed by atoms with van der Waals surface area (Å²) in [5.74, 6) is -2.45. The zero-order chi connectivity index (χ0) is 25.2. The second-order valence-corrected chi connectivity index (χ2v) is 9.81. The van der Waals surface area contributed by atoms with Crippen LogP contribution in [0.1, 0.15) is 46.9 Å². The molecule has 5 nitrogen and oxygen atoms in total. The van der Waals surface area contributed by atoms with Crippen molar-refractivity contribution in [1.29, 1.82) is 0 Å². The highest BCUT2D eigenvalue weighted by molar-refractivity contribution is 5.94. The number of Topliss-reactive ketones (excluding diaryl/α,β-unsaturated/α-hetero) is 1. The van der Waals surface area contributed by atoms with Crippen molar-refractivity contribution < 1.29 is 27.8 Å². The number of halogens is 3. The maximum atomic E-state index is 14.3. The Hall–Kier alpha value is -2.42. The second kappa shape index (κ2) is 10.7. The number of hydrogen-bond donors (Lipinski definition) is 1. The number of ketones is 1. The van der Waals surface area contributed by atoms with E-state index in [0.29, 0.717) is 24.3 Å². The third-order valence-electron chi connectivity index (χ3n) is 7.03. The number of alkyl halides is 3. The van der Waals surface area contributed by atoms with Crippen LogP contribution in [0.3, 0.4) is 0 Å². The molecule has 0 bridgehead atoms. The first-order chi connectivity index (χ1) is 16.7. The third kappa shape index (κ3) is 5.88. The Bertz CT molecular complexity index is 1020. The summed E-state index contributed by atoms with van der Waals surface area (Å²) in [7, 11) is 0. The first-order valence-corrected chi connectivity index (χ1v) is 12.1. The molecule has 2 atom stereocenters. The molecule has 0 aromatic heterocycles. The second-order valence-electron chi connectivity index (χ2n) is 9.81. The van der Waals surface area contributed by atoms with E-state index in [-0.39, 0.29) is 24.4 Å². The summed E-state index contributed by atoms with van der Waals surface area (Å²) in [5.41, 5.74) is 3.30. The fourth-order valence-electron chi connectivity index (χ4n) is 5.07. The number of nitrogens with zero attached hydrogens (tertiary/aromatic N) is 2. The van der Waals surface area contributed by atoms with E-state index < -0.39 is 25.1 Å². The minimum absolute atomic E-state index is 0.0359. The van der Waals surface area contributed by atoms with E-state index in [1.807, 2.05) is 43.3 Å². The normalized spacial score (nSPS) is 21.4. The largest absolute Gasteiger partial charge is 0.492 e. The van der Waals surface area contributed by atoms with E-state index in [9.17, 15) is 23.1 Å². The molecule has 2 aromatic rings. The minimum atomic E-state index is -3.23. The number of benzene rings is 2. The van der Waals surface area contributed by atoms with Crippen molar-refractivity contribution in [2.24, 2.45) is 5.92 Å². The number of aliphatic hydroxyl groups is 1. The van der Waals surface area contributed by atoms with Crippen LogP contribution in [0.5, 0.6) is 5.75 Å². The van der Waals surface area contributed by atoms with Gasteiger partial charge in [0.2, 0.25) is 0 Å². The molecule has 8 heteroatoms. The number of aliphatic hydroxyl groups excluding tert-OH is 1. The molecular formula is C27H33F3N2O3. The lowest BCUT2D eigenvalue weighted by atomic mass is 9.83. The van der Waals surface area contributed by atoms with Gasteiger partial charge < -0.3 is 9.84 Å². The molecule has 4 rings (SSSR count). The van der Waals surface area contributed by atoms with E-state index in [2.05, 4.69) is 4.90 Å². The molecule has 2 aliphatic rings. The van der Waals surface area contributed by atoms with Crippen LogP contribution in [0.4, 0.5) is 13.2 Å². The van der Waals surface area contributed by atoms with E-state index in [0.717, 1.165) is 36.3 Å². The molecule has 0 aliphatic carbocycles. The Morgan fingerprint density at radius 1 is 1.17 bits per heavy atom. The lowest BCUT2D eigenvalue weighted by Gasteiger charge is -2.43. The van der Waals surface area contributed by atoms with E-state index >= 15 is 0 Å². The quantitative estimate of drug-likeness (QED) is 0.508. The third-order valence-corrected chi connectivity index (χ3v) is 7.03. The molecule has 35 heavy (non-hydrogen) atoms. The highest BCUT2D eigenvalue weighted by atomic mass is 19.3. The molecule has 0 spiro atoms. The number of rotatable bonds is 10. The topological polar surface area (TPSA) is 53.0 Å². The lowest BCUT2D eigenvalue weighted by molar-refractivity contribution is -0.0862. The van der Waals surface area contributed by atoms with Crippen LogP contribution in [0, 0.1) is 5.92 Å². The van der Waals surface area contributed by atoms with Crippen LogP contribution < -0.4 is 4.74 Å². The van der Waals surface area contributed by atoms with E-state index in [1.165, 1.54) is 6.92 Å². The molecule has 0 saturated carbocycles. The monoisotopic (exact) mass is 490 g/mol. The first kappa shape index (κ1) is 25.7. The number of likely N-dealkylation sites (tertiary alicyclic amines) is 1. The molecule has 1 fully saturated rings. The van der Waals surface area contributed by atoms with Crippen molar-refractivity contribution in [2.75, 3.05) is 46.1 Å². The number of fused-ring (bicyclic) bond motifs is 1. The molecule has 0 radical (unpaired) electrons. The molecule has 0 unspecified atom stereocenters. The van der Waals surface area contributed by atoms with Crippen LogP contribution in [0.15, 0.2) is 42.5 Å². The fourth-order valence-corrected chi connectivity index (χ4v) is 5.07. The minimum Gasteiger partial charge on any atom is -0.492 e. The van der Waals surface area contributed by atoms with Crippen molar-refractivity contribution in [3.63, 3.8) is 0 Å².